The lowest BCUT2D eigenvalue weighted by atomic mass is 9.91. The summed E-state index contributed by atoms with van der Waals surface area (Å²) < 4.78 is 0. The molecule has 1 aliphatic rings. The zero-order valence-corrected chi connectivity index (χ0v) is 11.7. The molecule has 1 fully saturated rings. The van der Waals surface area contributed by atoms with E-state index in [1.165, 1.54) is 0 Å². The Hall–Kier alpha value is -1.95. The molecule has 2 aromatic rings. The second-order valence-corrected chi connectivity index (χ2v) is 5.41. The molecule has 0 saturated carbocycles. The van der Waals surface area contributed by atoms with Crippen molar-refractivity contribution in [2.24, 2.45) is 11.7 Å². The maximum Gasteiger partial charge on any atom is 0.245 e. The summed E-state index contributed by atoms with van der Waals surface area (Å²) in [5.74, 6) is 2.15. The van der Waals surface area contributed by atoms with Crippen LogP contribution >= 0.6 is 0 Å². The lowest BCUT2D eigenvalue weighted by molar-refractivity contribution is 0.352. The number of hydrogen-bond donors (Lipinski definition) is 2. The molecule has 1 aliphatic heterocycles. The van der Waals surface area contributed by atoms with E-state index >= 15 is 0 Å². The third-order valence-corrected chi connectivity index (χ3v) is 3.97. The minimum atomic E-state index is 0.273. The quantitative estimate of drug-likeness (QED) is 0.883. The number of nitrogens with one attached hydrogen (secondary N) is 1. The van der Waals surface area contributed by atoms with E-state index in [4.69, 9.17) is 5.73 Å². The van der Waals surface area contributed by atoms with Gasteiger partial charge in [-0.15, -0.1) is 5.10 Å². The van der Waals surface area contributed by atoms with Crippen molar-refractivity contribution in [2.45, 2.75) is 25.8 Å². The summed E-state index contributed by atoms with van der Waals surface area (Å²) in [7, 11) is 0. The van der Waals surface area contributed by atoms with E-state index in [2.05, 4.69) is 32.0 Å². The third-order valence-electron chi connectivity index (χ3n) is 3.97. The zero-order valence-electron chi connectivity index (χ0n) is 11.7. The van der Waals surface area contributed by atoms with Gasteiger partial charge >= 0.3 is 0 Å². The van der Waals surface area contributed by atoms with Crippen molar-refractivity contribution < 1.29 is 0 Å². The van der Waals surface area contributed by atoms with Crippen molar-refractivity contribution in [1.82, 2.24) is 20.2 Å². The van der Waals surface area contributed by atoms with Gasteiger partial charge in [-0.05, 0) is 37.8 Å². The van der Waals surface area contributed by atoms with Gasteiger partial charge in [-0.2, -0.15) is 4.98 Å². The van der Waals surface area contributed by atoms with Gasteiger partial charge in [0, 0.05) is 37.1 Å². The number of pyridine rings is 1. The van der Waals surface area contributed by atoms with Gasteiger partial charge in [0.15, 0.2) is 5.82 Å². The maximum atomic E-state index is 5.97. The largest absolute Gasteiger partial charge is 0.340 e. The van der Waals surface area contributed by atoms with Crippen molar-refractivity contribution in [1.29, 1.82) is 0 Å². The number of nitrogens with zero attached hydrogens (tertiary/aromatic N) is 4. The van der Waals surface area contributed by atoms with Crippen molar-refractivity contribution >= 4 is 5.95 Å². The van der Waals surface area contributed by atoms with E-state index in [-0.39, 0.29) is 6.04 Å². The summed E-state index contributed by atoms with van der Waals surface area (Å²) in [5, 5.41) is 7.30. The van der Waals surface area contributed by atoms with E-state index in [1.807, 2.05) is 12.1 Å². The number of H-pyrrole nitrogens is 1. The van der Waals surface area contributed by atoms with Gasteiger partial charge in [-0.25, -0.2) is 0 Å². The Kier molecular flexibility index (Phi) is 3.64. The average molecular weight is 272 g/mol. The monoisotopic (exact) mass is 272 g/mol. The van der Waals surface area contributed by atoms with Gasteiger partial charge in [-0.1, -0.05) is 0 Å². The van der Waals surface area contributed by atoms with Crippen LogP contribution in [0.25, 0.3) is 11.4 Å². The van der Waals surface area contributed by atoms with Gasteiger partial charge in [0.05, 0.1) is 0 Å². The summed E-state index contributed by atoms with van der Waals surface area (Å²) in [6.07, 6.45) is 5.75. The SMILES string of the molecule is CC(N)C1CCN(c2n[nH]c(-c3cccnc3)n2)CC1. The first-order valence-corrected chi connectivity index (χ1v) is 7.07. The van der Waals surface area contributed by atoms with Crippen molar-refractivity contribution in [3.05, 3.63) is 24.5 Å². The van der Waals surface area contributed by atoms with Gasteiger partial charge in [0.1, 0.15) is 0 Å². The van der Waals surface area contributed by atoms with Crippen LogP contribution < -0.4 is 10.6 Å². The molecule has 20 heavy (non-hydrogen) atoms. The van der Waals surface area contributed by atoms with Crippen molar-refractivity contribution in [2.75, 3.05) is 18.0 Å². The van der Waals surface area contributed by atoms with Crippen LogP contribution in [0.15, 0.2) is 24.5 Å². The van der Waals surface area contributed by atoms with Crippen LogP contribution in [0.5, 0.6) is 0 Å². The molecular formula is C14H20N6. The second kappa shape index (κ2) is 5.58. The van der Waals surface area contributed by atoms with Crippen LogP contribution in [-0.2, 0) is 0 Å². The molecule has 3 N–H and O–H groups in total. The van der Waals surface area contributed by atoms with Crippen LogP contribution in [0.1, 0.15) is 19.8 Å². The molecule has 0 aliphatic carbocycles. The standard InChI is InChI=1S/C14H20N6/c1-10(15)11-4-7-20(8-5-11)14-17-13(18-19-14)12-3-2-6-16-9-12/h2-3,6,9-11H,4-5,7-8,15H2,1H3,(H,17,18,19). The predicted molar refractivity (Wildman–Crippen MR) is 78.2 cm³/mol. The number of nitrogens with two attached hydrogens (primary N) is 1. The number of hydrogen-bond acceptors (Lipinski definition) is 5. The molecular weight excluding hydrogens is 252 g/mol. The normalized spacial score (nSPS) is 18.2. The smallest absolute Gasteiger partial charge is 0.245 e. The molecule has 0 amide bonds. The third kappa shape index (κ3) is 2.65. The Morgan fingerprint density at radius 2 is 2.20 bits per heavy atom. The Morgan fingerprint density at radius 1 is 1.40 bits per heavy atom. The predicted octanol–water partition coefficient (Wildman–Crippen LogP) is 1.43. The fourth-order valence-electron chi connectivity index (χ4n) is 2.65. The lowest BCUT2D eigenvalue weighted by Crippen LogP contribution is -2.40. The highest BCUT2D eigenvalue weighted by Crippen LogP contribution is 2.23. The average Bonchev–Trinajstić information content (AvgIpc) is 2.98. The Morgan fingerprint density at radius 3 is 2.85 bits per heavy atom. The molecule has 1 atom stereocenters. The van der Waals surface area contributed by atoms with Crippen molar-refractivity contribution in [3.8, 4) is 11.4 Å². The molecule has 1 unspecified atom stereocenters. The maximum absolute atomic E-state index is 5.97. The molecule has 3 rings (SSSR count). The minimum absolute atomic E-state index is 0.273. The lowest BCUT2D eigenvalue weighted by Gasteiger charge is -2.32. The summed E-state index contributed by atoms with van der Waals surface area (Å²) in [6, 6.07) is 4.14. The molecule has 0 aromatic carbocycles. The van der Waals surface area contributed by atoms with E-state index in [0.29, 0.717) is 5.92 Å². The van der Waals surface area contributed by atoms with E-state index in [9.17, 15) is 0 Å². The first-order valence-electron chi connectivity index (χ1n) is 7.07. The first-order chi connectivity index (χ1) is 9.74. The highest BCUT2D eigenvalue weighted by Gasteiger charge is 2.24. The number of anilines is 1. The summed E-state index contributed by atoms with van der Waals surface area (Å²) >= 11 is 0. The zero-order chi connectivity index (χ0) is 13.9. The Labute approximate surface area is 118 Å². The van der Waals surface area contributed by atoms with Gasteiger partial charge in [0.25, 0.3) is 0 Å². The highest BCUT2D eigenvalue weighted by atomic mass is 15.4. The second-order valence-electron chi connectivity index (χ2n) is 5.41. The van der Waals surface area contributed by atoms with E-state index in [1.54, 1.807) is 12.4 Å². The fraction of sp³-hybridized carbons (Fsp3) is 0.500. The van der Waals surface area contributed by atoms with Crippen LogP contribution in [-0.4, -0.2) is 39.3 Å². The molecule has 0 spiro atoms. The molecule has 106 valence electrons. The van der Waals surface area contributed by atoms with Crippen LogP contribution in [0, 0.1) is 5.92 Å². The van der Waals surface area contributed by atoms with Crippen molar-refractivity contribution in [3.63, 3.8) is 0 Å². The number of aromatic amines is 1. The molecule has 3 heterocycles. The van der Waals surface area contributed by atoms with Gasteiger partial charge < -0.3 is 10.6 Å². The van der Waals surface area contributed by atoms with E-state index < -0.39 is 0 Å². The molecule has 1 saturated heterocycles. The van der Waals surface area contributed by atoms with Crippen LogP contribution in [0.2, 0.25) is 0 Å². The minimum Gasteiger partial charge on any atom is -0.340 e. The van der Waals surface area contributed by atoms with Gasteiger partial charge in [-0.3, -0.25) is 10.1 Å². The summed E-state index contributed by atoms with van der Waals surface area (Å²) in [4.78, 5) is 10.9. The summed E-state index contributed by atoms with van der Waals surface area (Å²) in [6.45, 7) is 4.03. The Bertz CT molecular complexity index is 542. The summed E-state index contributed by atoms with van der Waals surface area (Å²) in [5.41, 5.74) is 6.92. The molecule has 6 nitrogen and oxygen atoms in total. The number of aromatic nitrogens is 4. The molecule has 2 aromatic heterocycles. The van der Waals surface area contributed by atoms with E-state index in [0.717, 1.165) is 43.3 Å². The van der Waals surface area contributed by atoms with Gasteiger partial charge in [0.2, 0.25) is 5.95 Å². The fourth-order valence-corrected chi connectivity index (χ4v) is 2.65. The Balaban J connectivity index is 1.69. The highest BCUT2D eigenvalue weighted by molar-refractivity contribution is 5.54. The number of rotatable bonds is 3. The van der Waals surface area contributed by atoms with Crippen LogP contribution in [0.3, 0.4) is 0 Å². The molecule has 6 heteroatoms. The van der Waals surface area contributed by atoms with Crippen LogP contribution in [0.4, 0.5) is 5.95 Å². The number of piperidine rings is 1. The first kappa shape index (κ1) is 13.1. The molecule has 0 radical (unpaired) electrons. The topological polar surface area (TPSA) is 83.7 Å². The molecule has 0 bridgehead atoms.